The van der Waals surface area contributed by atoms with E-state index in [4.69, 9.17) is 4.98 Å². The largest absolute Gasteiger partial charge is 0.367 e. The molecule has 152 valence electrons. The molecule has 1 aromatic heterocycles. The Balaban J connectivity index is 1.80. The van der Waals surface area contributed by atoms with Gasteiger partial charge in [0.05, 0.1) is 0 Å². The van der Waals surface area contributed by atoms with Crippen molar-refractivity contribution in [2.24, 2.45) is 0 Å². The Labute approximate surface area is 170 Å². The minimum absolute atomic E-state index is 0.139. The molecule has 0 bridgehead atoms. The Bertz CT molecular complexity index is 818. The number of likely N-dealkylation sites (tertiary alicyclic amines) is 1. The van der Waals surface area contributed by atoms with Gasteiger partial charge in [-0.25, -0.2) is 4.98 Å². The molecule has 2 heterocycles. The summed E-state index contributed by atoms with van der Waals surface area (Å²) in [5.74, 6) is 1.55. The van der Waals surface area contributed by atoms with Crippen LogP contribution in [0, 0.1) is 20.8 Å². The fourth-order valence-corrected chi connectivity index (χ4v) is 4.49. The van der Waals surface area contributed by atoms with E-state index in [1.807, 2.05) is 6.20 Å². The number of hydrogen-bond acceptors (Lipinski definition) is 5. The Hall–Kier alpha value is -2.14. The van der Waals surface area contributed by atoms with Crippen molar-refractivity contribution in [1.29, 1.82) is 0 Å². The van der Waals surface area contributed by atoms with Gasteiger partial charge < -0.3 is 10.6 Å². The van der Waals surface area contributed by atoms with Crippen LogP contribution in [0.5, 0.6) is 0 Å². The van der Waals surface area contributed by atoms with Crippen LogP contribution in [0.15, 0.2) is 24.4 Å². The monoisotopic (exact) mass is 381 g/mol. The molecule has 1 fully saturated rings. The highest BCUT2D eigenvalue weighted by Gasteiger charge is 2.43. The van der Waals surface area contributed by atoms with Crippen molar-refractivity contribution < 1.29 is 0 Å². The van der Waals surface area contributed by atoms with Crippen LogP contribution < -0.4 is 10.6 Å². The van der Waals surface area contributed by atoms with Gasteiger partial charge >= 0.3 is 0 Å². The van der Waals surface area contributed by atoms with E-state index in [1.54, 1.807) is 0 Å². The zero-order chi connectivity index (χ0) is 20.7. The molecular formula is C23H35N5. The van der Waals surface area contributed by atoms with Gasteiger partial charge in [0, 0.05) is 34.6 Å². The molecule has 28 heavy (non-hydrogen) atoms. The van der Waals surface area contributed by atoms with Crippen molar-refractivity contribution in [3.63, 3.8) is 0 Å². The standard InChI is InChI=1S/C23H35N5/c1-15-9-16(2)11-18(10-15)26-21-24-14-17(3)20(27-21)25-19-12-22(4,5)28(8)23(6,7)13-19/h9-11,14,19H,12-13H2,1-8H3,(H2,24,25,26,27). The van der Waals surface area contributed by atoms with E-state index < -0.39 is 0 Å². The maximum Gasteiger partial charge on any atom is 0.229 e. The van der Waals surface area contributed by atoms with E-state index in [0.29, 0.717) is 12.0 Å². The predicted molar refractivity (Wildman–Crippen MR) is 119 cm³/mol. The van der Waals surface area contributed by atoms with Crippen molar-refractivity contribution >= 4 is 17.5 Å². The Morgan fingerprint density at radius 2 is 1.54 bits per heavy atom. The van der Waals surface area contributed by atoms with Crippen LogP contribution in [0.1, 0.15) is 57.2 Å². The molecule has 0 aliphatic carbocycles. The van der Waals surface area contributed by atoms with Crippen molar-refractivity contribution in [2.45, 2.75) is 78.4 Å². The SMILES string of the molecule is Cc1cc(C)cc(Nc2ncc(C)c(NC3CC(C)(C)N(C)C(C)(C)C3)n2)c1. The number of nitrogens with zero attached hydrogens (tertiary/aromatic N) is 3. The van der Waals surface area contributed by atoms with Gasteiger partial charge in [0.2, 0.25) is 5.95 Å². The van der Waals surface area contributed by atoms with Gasteiger partial charge in [-0.1, -0.05) is 6.07 Å². The first-order valence-corrected chi connectivity index (χ1v) is 10.2. The second kappa shape index (κ2) is 7.36. The van der Waals surface area contributed by atoms with Crippen LogP contribution in [-0.2, 0) is 0 Å². The number of rotatable bonds is 4. The molecule has 0 amide bonds. The summed E-state index contributed by atoms with van der Waals surface area (Å²) in [5.41, 5.74) is 4.82. The number of aromatic nitrogens is 2. The van der Waals surface area contributed by atoms with Crippen LogP contribution in [0.3, 0.4) is 0 Å². The average molecular weight is 382 g/mol. The molecule has 5 nitrogen and oxygen atoms in total. The van der Waals surface area contributed by atoms with E-state index in [-0.39, 0.29) is 11.1 Å². The molecule has 3 rings (SSSR count). The number of anilines is 3. The highest BCUT2D eigenvalue weighted by atomic mass is 15.3. The molecule has 0 atom stereocenters. The Morgan fingerprint density at radius 3 is 2.11 bits per heavy atom. The smallest absolute Gasteiger partial charge is 0.229 e. The van der Waals surface area contributed by atoms with Crippen LogP contribution >= 0.6 is 0 Å². The molecule has 2 aromatic rings. The zero-order valence-electron chi connectivity index (χ0n) is 18.6. The molecule has 1 aliphatic heterocycles. The summed E-state index contributed by atoms with van der Waals surface area (Å²) in [6, 6.07) is 6.78. The lowest BCUT2D eigenvalue weighted by atomic mass is 9.77. The summed E-state index contributed by atoms with van der Waals surface area (Å²) in [4.78, 5) is 11.8. The van der Waals surface area contributed by atoms with Crippen molar-refractivity contribution in [3.8, 4) is 0 Å². The fourth-order valence-electron chi connectivity index (χ4n) is 4.49. The number of nitrogens with one attached hydrogen (secondary N) is 2. The highest BCUT2D eigenvalue weighted by molar-refractivity contribution is 5.58. The highest BCUT2D eigenvalue weighted by Crippen LogP contribution is 2.38. The summed E-state index contributed by atoms with van der Waals surface area (Å²) < 4.78 is 0. The molecule has 5 heteroatoms. The minimum atomic E-state index is 0.139. The minimum Gasteiger partial charge on any atom is -0.367 e. The third-order valence-corrected chi connectivity index (χ3v) is 6.10. The molecule has 1 aromatic carbocycles. The van der Waals surface area contributed by atoms with Gasteiger partial charge in [-0.15, -0.1) is 0 Å². The van der Waals surface area contributed by atoms with E-state index in [0.717, 1.165) is 29.9 Å². The third-order valence-electron chi connectivity index (χ3n) is 6.10. The molecule has 1 saturated heterocycles. The van der Waals surface area contributed by atoms with E-state index in [9.17, 15) is 0 Å². The Morgan fingerprint density at radius 1 is 0.964 bits per heavy atom. The molecular weight excluding hydrogens is 346 g/mol. The second-order valence-corrected chi connectivity index (χ2v) is 9.66. The lowest BCUT2D eigenvalue weighted by molar-refractivity contribution is -0.00773. The summed E-state index contributed by atoms with van der Waals surface area (Å²) in [6.07, 6.45) is 4.05. The predicted octanol–water partition coefficient (Wildman–Crippen LogP) is 5.21. The maximum atomic E-state index is 4.79. The number of aryl methyl sites for hydroxylation is 3. The summed E-state index contributed by atoms with van der Waals surface area (Å²) in [5, 5.41) is 7.07. The zero-order valence-corrected chi connectivity index (χ0v) is 18.6. The number of piperidine rings is 1. The average Bonchev–Trinajstić information content (AvgIpc) is 2.54. The van der Waals surface area contributed by atoms with Gasteiger partial charge in [-0.3, -0.25) is 4.90 Å². The fraction of sp³-hybridized carbons (Fsp3) is 0.565. The topological polar surface area (TPSA) is 53.1 Å². The van der Waals surface area contributed by atoms with E-state index >= 15 is 0 Å². The van der Waals surface area contributed by atoms with Crippen LogP contribution in [0.2, 0.25) is 0 Å². The summed E-state index contributed by atoms with van der Waals surface area (Å²) >= 11 is 0. The van der Waals surface area contributed by atoms with Crippen LogP contribution in [0.4, 0.5) is 17.5 Å². The van der Waals surface area contributed by atoms with Crippen molar-refractivity contribution in [1.82, 2.24) is 14.9 Å². The first kappa shape index (κ1) is 20.6. The molecule has 0 spiro atoms. The lowest BCUT2D eigenvalue weighted by Gasteiger charge is -2.53. The van der Waals surface area contributed by atoms with Gasteiger partial charge in [-0.05, 0) is 91.6 Å². The normalized spacial score (nSPS) is 19.4. The number of hydrogen-bond donors (Lipinski definition) is 2. The maximum absolute atomic E-state index is 4.79. The molecule has 0 unspecified atom stereocenters. The van der Waals surface area contributed by atoms with Gasteiger partial charge in [-0.2, -0.15) is 4.98 Å². The quantitative estimate of drug-likeness (QED) is 0.761. The van der Waals surface area contributed by atoms with Crippen LogP contribution in [0.25, 0.3) is 0 Å². The molecule has 2 N–H and O–H groups in total. The van der Waals surface area contributed by atoms with Crippen molar-refractivity contribution in [3.05, 3.63) is 41.1 Å². The van der Waals surface area contributed by atoms with Crippen molar-refractivity contribution in [2.75, 3.05) is 17.7 Å². The van der Waals surface area contributed by atoms with Crippen LogP contribution in [-0.4, -0.2) is 39.0 Å². The molecule has 0 radical (unpaired) electrons. The van der Waals surface area contributed by atoms with E-state index in [1.165, 1.54) is 11.1 Å². The van der Waals surface area contributed by atoms with Gasteiger partial charge in [0.15, 0.2) is 0 Å². The second-order valence-electron chi connectivity index (χ2n) is 9.66. The van der Waals surface area contributed by atoms with Gasteiger partial charge in [0.25, 0.3) is 0 Å². The molecule has 0 saturated carbocycles. The molecule has 1 aliphatic rings. The van der Waals surface area contributed by atoms with Gasteiger partial charge in [0.1, 0.15) is 5.82 Å². The first-order valence-electron chi connectivity index (χ1n) is 10.2. The third kappa shape index (κ3) is 4.46. The number of benzene rings is 1. The summed E-state index contributed by atoms with van der Waals surface area (Å²) in [6.45, 7) is 15.6. The summed E-state index contributed by atoms with van der Waals surface area (Å²) in [7, 11) is 2.23. The van der Waals surface area contributed by atoms with E-state index in [2.05, 4.69) is 94.2 Å². The first-order chi connectivity index (χ1) is 13.0. The Kier molecular flexibility index (Phi) is 5.41. The lowest BCUT2D eigenvalue weighted by Crippen LogP contribution is -2.61.